The summed E-state index contributed by atoms with van der Waals surface area (Å²) in [5.74, 6) is -0.815. The van der Waals surface area contributed by atoms with Crippen LogP contribution in [0.5, 0.6) is 0 Å². The molecule has 79 heavy (non-hydrogen) atoms. The van der Waals surface area contributed by atoms with E-state index in [0.29, 0.717) is 19.3 Å². The molecule has 0 bridgehead atoms. The van der Waals surface area contributed by atoms with E-state index in [1.54, 1.807) is 0 Å². The molecule has 0 radical (unpaired) electrons. The van der Waals surface area contributed by atoms with Gasteiger partial charge in [0.25, 0.3) is 0 Å². The molecule has 0 amide bonds. The first-order chi connectivity index (χ1) is 39.0. The monoisotopic (exact) mass is 1120 g/mol. The van der Waals surface area contributed by atoms with Crippen molar-refractivity contribution in [2.24, 2.45) is 0 Å². The van der Waals surface area contributed by atoms with Gasteiger partial charge in [0, 0.05) is 19.3 Å². The molecule has 0 saturated heterocycles. The van der Waals surface area contributed by atoms with E-state index in [0.717, 1.165) is 57.8 Å². The highest BCUT2D eigenvalue weighted by Gasteiger charge is 2.20. The van der Waals surface area contributed by atoms with Crippen molar-refractivity contribution in [3.63, 3.8) is 0 Å². The molecule has 1 unspecified atom stereocenters. The summed E-state index contributed by atoms with van der Waals surface area (Å²) in [4.78, 5) is 38.5. The highest BCUT2D eigenvalue weighted by molar-refractivity contribution is 5.71. The van der Waals surface area contributed by atoms with Crippen molar-refractivity contribution in [3.8, 4) is 0 Å². The van der Waals surface area contributed by atoms with Crippen molar-refractivity contribution in [1.29, 1.82) is 0 Å². The van der Waals surface area contributed by atoms with Gasteiger partial charge in [-0.2, -0.15) is 0 Å². The van der Waals surface area contributed by atoms with Gasteiger partial charge in [-0.1, -0.05) is 393 Å². The molecule has 0 N–H and O–H groups in total. The van der Waals surface area contributed by atoms with E-state index < -0.39 is 6.10 Å². The molecule has 0 saturated carbocycles. The number of unbranched alkanes of at least 4 members (excludes halogenated alkanes) is 58. The Balaban J connectivity index is 4.26. The third-order valence-electron chi connectivity index (χ3n) is 17.1. The predicted molar refractivity (Wildman–Crippen MR) is 344 cm³/mol. The zero-order chi connectivity index (χ0) is 57.1. The molecule has 0 aliphatic carbocycles. The van der Waals surface area contributed by atoms with Gasteiger partial charge in [0.1, 0.15) is 13.2 Å². The van der Waals surface area contributed by atoms with Crippen LogP contribution in [0.15, 0.2) is 0 Å². The van der Waals surface area contributed by atoms with E-state index in [4.69, 9.17) is 14.2 Å². The highest BCUT2D eigenvalue weighted by atomic mass is 16.6. The fourth-order valence-electron chi connectivity index (χ4n) is 11.6. The van der Waals surface area contributed by atoms with Crippen LogP contribution >= 0.6 is 0 Å². The van der Waals surface area contributed by atoms with Crippen molar-refractivity contribution in [3.05, 3.63) is 0 Å². The lowest BCUT2D eigenvalue weighted by molar-refractivity contribution is -0.167. The van der Waals surface area contributed by atoms with Crippen LogP contribution in [0.2, 0.25) is 0 Å². The van der Waals surface area contributed by atoms with Crippen molar-refractivity contribution in [2.75, 3.05) is 13.2 Å². The van der Waals surface area contributed by atoms with Gasteiger partial charge in [0.15, 0.2) is 6.10 Å². The fraction of sp³-hybridized carbons (Fsp3) is 0.959. The molecule has 0 fully saturated rings. The number of hydrogen-bond acceptors (Lipinski definition) is 6. The van der Waals surface area contributed by atoms with E-state index in [9.17, 15) is 14.4 Å². The van der Waals surface area contributed by atoms with Gasteiger partial charge in [-0.25, -0.2) is 0 Å². The van der Waals surface area contributed by atoms with Crippen LogP contribution in [-0.4, -0.2) is 37.2 Å². The fourth-order valence-corrected chi connectivity index (χ4v) is 11.6. The molecule has 0 aromatic rings. The normalized spacial score (nSPS) is 11.9. The van der Waals surface area contributed by atoms with E-state index in [1.807, 2.05) is 0 Å². The molecular weight excluding hydrogens is 973 g/mol. The number of rotatable bonds is 69. The first kappa shape index (κ1) is 77.4. The molecule has 0 rings (SSSR count). The van der Waals surface area contributed by atoms with Gasteiger partial charge < -0.3 is 14.2 Å². The second kappa shape index (κ2) is 68.9. The molecule has 470 valence electrons. The first-order valence-electron chi connectivity index (χ1n) is 36.5. The van der Waals surface area contributed by atoms with Crippen LogP contribution in [0.1, 0.15) is 432 Å². The topological polar surface area (TPSA) is 78.9 Å². The lowest BCUT2D eigenvalue weighted by Gasteiger charge is -2.18. The molecule has 0 aliphatic rings. The van der Waals surface area contributed by atoms with Crippen LogP contribution in [0.4, 0.5) is 0 Å². The molecule has 0 aliphatic heterocycles. The lowest BCUT2D eigenvalue weighted by Crippen LogP contribution is -2.30. The maximum atomic E-state index is 13.0. The molecule has 1 atom stereocenters. The number of hydrogen-bond donors (Lipinski definition) is 0. The van der Waals surface area contributed by atoms with Crippen molar-refractivity contribution < 1.29 is 28.6 Å². The van der Waals surface area contributed by atoms with E-state index in [-0.39, 0.29) is 31.1 Å². The second-order valence-electron chi connectivity index (χ2n) is 25.2. The standard InChI is InChI=1S/C73H142O6/c1-4-7-10-13-16-19-22-25-28-31-34-36-39-42-45-48-51-54-57-60-63-66-72(75)78-69-70(68-77-71(74)65-62-59-56-53-50-47-44-41-38-33-30-27-24-21-18-15-12-9-6-3)79-73(76)67-64-61-58-55-52-49-46-43-40-37-35-32-29-26-23-20-17-14-11-8-5-2/h70H,4-69H2,1-3H3. The Hall–Kier alpha value is -1.59. The molecule has 0 spiro atoms. The smallest absolute Gasteiger partial charge is 0.306 e. The molecular formula is C73H142O6. The van der Waals surface area contributed by atoms with Crippen molar-refractivity contribution >= 4 is 17.9 Å². The number of carbonyl (C=O) groups excluding carboxylic acids is 3. The zero-order valence-corrected chi connectivity index (χ0v) is 54.2. The second-order valence-corrected chi connectivity index (χ2v) is 25.2. The summed E-state index contributed by atoms with van der Waals surface area (Å²) in [5.41, 5.74) is 0. The van der Waals surface area contributed by atoms with E-state index in [2.05, 4.69) is 20.8 Å². The predicted octanol–water partition coefficient (Wildman–Crippen LogP) is 25.0. The minimum atomic E-state index is -0.764. The maximum absolute atomic E-state index is 13.0. The summed E-state index contributed by atoms with van der Waals surface area (Å²) >= 11 is 0. The summed E-state index contributed by atoms with van der Waals surface area (Å²) in [6.45, 7) is 6.76. The third-order valence-corrected chi connectivity index (χ3v) is 17.1. The number of carbonyl (C=O) groups is 3. The van der Waals surface area contributed by atoms with Crippen LogP contribution in [0, 0.1) is 0 Å². The Bertz CT molecular complexity index is 1190. The van der Waals surface area contributed by atoms with Crippen LogP contribution in [-0.2, 0) is 28.6 Å². The Labute approximate surface area is 495 Å². The largest absolute Gasteiger partial charge is 0.462 e. The summed E-state index contributed by atoms with van der Waals surface area (Å²) in [7, 11) is 0. The number of ether oxygens (including phenoxy) is 3. The van der Waals surface area contributed by atoms with Gasteiger partial charge in [-0.05, 0) is 19.3 Å². The average molecular weight is 1120 g/mol. The minimum absolute atomic E-state index is 0.0599. The molecule has 6 heteroatoms. The Morgan fingerprint density at radius 2 is 0.342 bits per heavy atom. The quantitative estimate of drug-likeness (QED) is 0.0343. The average Bonchev–Trinajstić information content (AvgIpc) is 3.45. The van der Waals surface area contributed by atoms with Gasteiger partial charge >= 0.3 is 17.9 Å². The maximum Gasteiger partial charge on any atom is 0.306 e. The minimum Gasteiger partial charge on any atom is -0.462 e. The molecule has 0 aromatic carbocycles. The SMILES string of the molecule is CCCCCCCCCCCCCCCCCCCCCCCC(=O)OCC(COC(=O)CCCCCCCCCCCCCCCCCCCCC)OC(=O)CCCCCCCCCCCCCCCCCCCCCCC. The molecule has 0 heterocycles. The number of esters is 3. The van der Waals surface area contributed by atoms with Crippen LogP contribution < -0.4 is 0 Å². The highest BCUT2D eigenvalue weighted by Crippen LogP contribution is 2.20. The lowest BCUT2D eigenvalue weighted by atomic mass is 10.0. The van der Waals surface area contributed by atoms with Gasteiger partial charge in [-0.15, -0.1) is 0 Å². The van der Waals surface area contributed by atoms with Crippen molar-refractivity contribution in [1.82, 2.24) is 0 Å². The van der Waals surface area contributed by atoms with Crippen LogP contribution in [0.3, 0.4) is 0 Å². The molecule has 6 nitrogen and oxygen atoms in total. The summed E-state index contributed by atoms with van der Waals surface area (Å²) in [6, 6.07) is 0. The third kappa shape index (κ3) is 67.1. The Kier molecular flexibility index (Phi) is 67.5. The summed E-state index contributed by atoms with van der Waals surface area (Å²) in [5, 5.41) is 0. The summed E-state index contributed by atoms with van der Waals surface area (Å²) in [6.07, 6.45) is 81.3. The summed E-state index contributed by atoms with van der Waals surface area (Å²) < 4.78 is 17.0. The van der Waals surface area contributed by atoms with Gasteiger partial charge in [0.05, 0.1) is 0 Å². The first-order valence-corrected chi connectivity index (χ1v) is 36.5. The van der Waals surface area contributed by atoms with E-state index in [1.165, 1.54) is 334 Å². The zero-order valence-electron chi connectivity index (χ0n) is 54.2. The van der Waals surface area contributed by atoms with Crippen LogP contribution in [0.25, 0.3) is 0 Å². The van der Waals surface area contributed by atoms with Gasteiger partial charge in [-0.3, -0.25) is 14.4 Å². The van der Waals surface area contributed by atoms with Crippen molar-refractivity contribution in [2.45, 2.75) is 438 Å². The Morgan fingerprint density at radius 3 is 0.506 bits per heavy atom. The Morgan fingerprint density at radius 1 is 0.203 bits per heavy atom. The van der Waals surface area contributed by atoms with Gasteiger partial charge in [0.2, 0.25) is 0 Å². The molecule has 0 aromatic heterocycles. The van der Waals surface area contributed by atoms with E-state index >= 15 is 0 Å².